The topological polar surface area (TPSA) is 61.4 Å². The van der Waals surface area contributed by atoms with Crippen LogP contribution in [0.15, 0.2) is 0 Å². The van der Waals surface area contributed by atoms with Gasteiger partial charge < -0.3 is 10.5 Å². The van der Waals surface area contributed by atoms with Gasteiger partial charge in [-0.3, -0.25) is 4.79 Å². The van der Waals surface area contributed by atoms with E-state index in [-0.39, 0.29) is 5.91 Å². The number of hydrogen-bond donors (Lipinski definition) is 3. The quantitative estimate of drug-likeness (QED) is 0.412. The van der Waals surface area contributed by atoms with Crippen LogP contribution in [0.5, 0.6) is 0 Å². The number of likely N-dealkylation sites (N-methyl/N-ethyl adjacent to an activating group) is 1. The Morgan fingerprint density at radius 3 is 2.38 bits per heavy atom. The predicted molar refractivity (Wildman–Crippen MR) is 28.5 cm³/mol. The summed E-state index contributed by atoms with van der Waals surface area (Å²) in [6.07, 6.45) is 0. The molecular formula is C4H10N2O2. The third-order valence-electron chi connectivity index (χ3n) is 0.833. The Labute approximate surface area is 47.8 Å². The summed E-state index contributed by atoms with van der Waals surface area (Å²) < 4.78 is 0. The first kappa shape index (κ1) is 7.39. The van der Waals surface area contributed by atoms with Crippen molar-refractivity contribution in [3.05, 3.63) is 0 Å². The van der Waals surface area contributed by atoms with E-state index in [9.17, 15) is 4.79 Å². The molecule has 4 heteroatoms. The van der Waals surface area contributed by atoms with E-state index in [1.807, 2.05) is 0 Å². The number of carbonyl (C=O) groups is 1. The highest BCUT2D eigenvalue weighted by Gasteiger charge is 2.06. The third kappa shape index (κ3) is 1.90. The molecule has 0 saturated carbocycles. The van der Waals surface area contributed by atoms with Crippen LogP contribution in [0.2, 0.25) is 0 Å². The molecule has 0 bridgehead atoms. The van der Waals surface area contributed by atoms with Gasteiger partial charge in [-0.25, -0.2) is 0 Å². The Hall–Kier alpha value is -0.610. The lowest BCUT2D eigenvalue weighted by Crippen LogP contribution is -2.38. The summed E-state index contributed by atoms with van der Waals surface area (Å²) >= 11 is 0. The lowest BCUT2D eigenvalue weighted by molar-refractivity contribution is -0.124. The summed E-state index contributed by atoms with van der Waals surface area (Å²) in [5.41, 5.74) is 1.80. The molecule has 0 heterocycles. The van der Waals surface area contributed by atoms with E-state index < -0.39 is 6.04 Å². The standard InChI is InChI=1S/C4H10N2O2/c1-3(6-8)4(7)5-2/h3,6,8H,1-2H3,(H,5,7)/t3-/m1/s1. The molecule has 0 aliphatic heterocycles. The lowest BCUT2D eigenvalue weighted by atomic mass is 10.3. The average Bonchev–Trinajstić information content (AvgIpc) is 1.84. The molecule has 0 aromatic heterocycles. The van der Waals surface area contributed by atoms with Crippen molar-refractivity contribution in [3.8, 4) is 0 Å². The predicted octanol–water partition coefficient (Wildman–Crippen LogP) is -0.900. The first-order valence-corrected chi connectivity index (χ1v) is 2.33. The van der Waals surface area contributed by atoms with Gasteiger partial charge in [0.1, 0.15) is 6.04 Å². The highest BCUT2D eigenvalue weighted by molar-refractivity contribution is 5.80. The Balaban J connectivity index is 3.46. The zero-order chi connectivity index (χ0) is 6.57. The maximum atomic E-state index is 10.4. The van der Waals surface area contributed by atoms with Crippen molar-refractivity contribution in [2.75, 3.05) is 7.05 Å². The van der Waals surface area contributed by atoms with E-state index in [4.69, 9.17) is 5.21 Å². The SMILES string of the molecule is CNC(=O)[C@@H](C)NO. The Bertz CT molecular complexity index is 84.1. The molecule has 0 rings (SSSR count). The third-order valence-corrected chi connectivity index (χ3v) is 0.833. The van der Waals surface area contributed by atoms with Gasteiger partial charge in [-0.15, -0.1) is 0 Å². The highest BCUT2D eigenvalue weighted by Crippen LogP contribution is 1.74. The maximum absolute atomic E-state index is 10.4. The first-order valence-electron chi connectivity index (χ1n) is 2.33. The second kappa shape index (κ2) is 3.40. The van der Waals surface area contributed by atoms with Crippen LogP contribution in [0.25, 0.3) is 0 Å². The molecule has 0 aliphatic rings. The number of hydrogen-bond acceptors (Lipinski definition) is 3. The largest absolute Gasteiger partial charge is 0.358 e. The summed E-state index contributed by atoms with van der Waals surface area (Å²) in [6.45, 7) is 1.55. The van der Waals surface area contributed by atoms with Crippen LogP contribution in [0, 0.1) is 0 Å². The summed E-state index contributed by atoms with van der Waals surface area (Å²) in [4.78, 5) is 10.4. The van der Waals surface area contributed by atoms with Crippen LogP contribution in [-0.2, 0) is 4.79 Å². The van der Waals surface area contributed by atoms with E-state index >= 15 is 0 Å². The van der Waals surface area contributed by atoms with Crippen molar-refractivity contribution in [2.24, 2.45) is 0 Å². The van der Waals surface area contributed by atoms with Crippen molar-refractivity contribution in [2.45, 2.75) is 13.0 Å². The van der Waals surface area contributed by atoms with Crippen molar-refractivity contribution >= 4 is 5.91 Å². The second-order valence-electron chi connectivity index (χ2n) is 1.47. The zero-order valence-electron chi connectivity index (χ0n) is 4.93. The molecule has 1 atom stereocenters. The molecule has 0 aliphatic carbocycles. The molecule has 0 radical (unpaired) electrons. The molecule has 0 aromatic carbocycles. The summed E-state index contributed by atoms with van der Waals surface area (Å²) in [5.74, 6) is -0.229. The smallest absolute Gasteiger partial charge is 0.238 e. The van der Waals surface area contributed by atoms with Crippen molar-refractivity contribution < 1.29 is 10.0 Å². The van der Waals surface area contributed by atoms with Crippen LogP contribution in [-0.4, -0.2) is 24.2 Å². The lowest BCUT2D eigenvalue weighted by Gasteiger charge is -2.04. The van der Waals surface area contributed by atoms with Crippen LogP contribution in [0.3, 0.4) is 0 Å². The minimum absolute atomic E-state index is 0.229. The average molecular weight is 118 g/mol. The number of carbonyl (C=O) groups excluding carboxylic acids is 1. The first-order chi connectivity index (χ1) is 3.72. The van der Waals surface area contributed by atoms with Crippen LogP contribution >= 0.6 is 0 Å². The second-order valence-corrected chi connectivity index (χ2v) is 1.47. The van der Waals surface area contributed by atoms with E-state index in [0.717, 1.165) is 0 Å². The Morgan fingerprint density at radius 2 is 2.25 bits per heavy atom. The monoisotopic (exact) mass is 118 g/mol. The summed E-state index contributed by atoms with van der Waals surface area (Å²) in [6, 6.07) is -0.528. The van der Waals surface area contributed by atoms with Gasteiger partial charge in [-0.1, -0.05) is 0 Å². The number of amides is 1. The van der Waals surface area contributed by atoms with Crippen molar-refractivity contribution in [3.63, 3.8) is 0 Å². The Morgan fingerprint density at radius 1 is 1.75 bits per heavy atom. The fourth-order valence-corrected chi connectivity index (χ4v) is 0.275. The Kier molecular flexibility index (Phi) is 3.14. The molecule has 8 heavy (non-hydrogen) atoms. The zero-order valence-corrected chi connectivity index (χ0v) is 4.93. The van der Waals surface area contributed by atoms with Gasteiger partial charge in [-0.05, 0) is 6.92 Å². The number of nitrogens with one attached hydrogen (secondary N) is 2. The molecule has 0 aromatic rings. The van der Waals surface area contributed by atoms with E-state index in [1.54, 1.807) is 12.4 Å². The van der Waals surface area contributed by atoms with Gasteiger partial charge in [0.25, 0.3) is 0 Å². The molecule has 0 spiro atoms. The maximum Gasteiger partial charge on any atom is 0.238 e. The molecule has 3 N–H and O–H groups in total. The van der Waals surface area contributed by atoms with Crippen molar-refractivity contribution in [1.29, 1.82) is 0 Å². The molecule has 0 fully saturated rings. The van der Waals surface area contributed by atoms with Gasteiger partial charge in [0, 0.05) is 7.05 Å². The minimum Gasteiger partial charge on any atom is -0.358 e. The van der Waals surface area contributed by atoms with Crippen LogP contribution in [0.4, 0.5) is 0 Å². The minimum atomic E-state index is -0.528. The molecule has 0 saturated heterocycles. The van der Waals surface area contributed by atoms with E-state index in [2.05, 4.69) is 5.32 Å². The van der Waals surface area contributed by atoms with Crippen molar-refractivity contribution in [1.82, 2.24) is 10.8 Å². The van der Waals surface area contributed by atoms with Gasteiger partial charge in [0.2, 0.25) is 5.91 Å². The van der Waals surface area contributed by atoms with Gasteiger partial charge >= 0.3 is 0 Å². The highest BCUT2D eigenvalue weighted by atomic mass is 16.5. The fraction of sp³-hybridized carbons (Fsp3) is 0.750. The molecule has 4 nitrogen and oxygen atoms in total. The molecule has 1 amide bonds. The van der Waals surface area contributed by atoms with E-state index in [1.165, 1.54) is 7.05 Å². The summed E-state index contributed by atoms with van der Waals surface area (Å²) in [5, 5.41) is 10.5. The van der Waals surface area contributed by atoms with Gasteiger partial charge in [0.15, 0.2) is 0 Å². The van der Waals surface area contributed by atoms with E-state index in [0.29, 0.717) is 0 Å². The molecule has 48 valence electrons. The normalized spacial score (nSPS) is 12.9. The van der Waals surface area contributed by atoms with Crippen LogP contribution in [0.1, 0.15) is 6.92 Å². The number of hydroxylamine groups is 1. The molecule has 0 unspecified atom stereocenters. The van der Waals surface area contributed by atoms with Gasteiger partial charge in [0.05, 0.1) is 0 Å². The summed E-state index contributed by atoms with van der Waals surface area (Å²) in [7, 11) is 1.51. The van der Waals surface area contributed by atoms with Crippen LogP contribution < -0.4 is 10.8 Å². The fourth-order valence-electron chi connectivity index (χ4n) is 0.275. The van der Waals surface area contributed by atoms with Gasteiger partial charge in [-0.2, -0.15) is 5.48 Å². The molecular weight excluding hydrogens is 108 g/mol. The number of rotatable bonds is 2.